The summed E-state index contributed by atoms with van der Waals surface area (Å²) in [4.78, 5) is 0. The highest BCUT2D eigenvalue weighted by atomic mass is 15.3. The Kier molecular flexibility index (Phi) is 3.36. The van der Waals surface area contributed by atoms with Gasteiger partial charge in [0.1, 0.15) is 11.5 Å². The van der Waals surface area contributed by atoms with Crippen molar-refractivity contribution in [2.75, 3.05) is 17.2 Å². The second-order valence-electron chi connectivity index (χ2n) is 4.55. The Morgan fingerprint density at radius 2 is 2.19 bits per heavy atom. The van der Waals surface area contributed by atoms with E-state index in [-0.39, 0.29) is 0 Å². The van der Waals surface area contributed by atoms with Gasteiger partial charge in [-0.3, -0.25) is 4.68 Å². The Labute approximate surface area is 97.4 Å². The fraction of sp³-hybridized carbons (Fsp3) is 0.750. The molecule has 1 aromatic rings. The maximum absolute atomic E-state index is 4.57. The molecular weight excluding hydrogens is 200 g/mol. The first-order valence-corrected chi connectivity index (χ1v) is 6.32. The van der Waals surface area contributed by atoms with Crippen LogP contribution in [-0.2, 0) is 13.5 Å². The van der Waals surface area contributed by atoms with E-state index in [0.29, 0.717) is 6.04 Å². The normalized spacial score (nSPS) is 18.8. The zero-order chi connectivity index (χ0) is 11.5. The van der Waals surface area contributed by atoms with Gasteiger partial charge in [0, 0.05) is 19.6 Å². The molecule has 2 heterocycles. The molecule has 16 heavy (non-hydrogen) atoms. The van der Waals surface area contributed by atoms with Crippen LogP contribution in [0.3, 0.4) is 0 Å². The Balaban J connectivity index is 2.18. The zero-order valence-electron chi connectivity index (χ0n) is 10.5. The molecule has 0 aromatic carbocycles. The molecule has 0 bridgehead atoms. The first kappa shape index (κ1) is 11.3. The van der Waals surface area contributed by atoms with Gasteiger partial charge >= 0.3 is 0 Å². The molecule has 1 aromatic heterocycles. The van der Waals surface area contributed by atoms with Gasteiger partial charge in [0.2, 0.25) is 0 Å². The van der Waals surface area contributed by atoms with E-state index in [4.69, 9.17) is 0 Å². The summed E-state index contributed by atoms with van der Waals surface area (Å²) in [5.41, 5.74) is 2.42. The van der Waals surface area contributed by atoms with Gasteiger partial charge in [0.25, 0.3) is 0 Å². The number of hydrogen-bond donors (Lipinski definition) is 2. The molecule has 0 saturated heterocycles. The molecule has 2 rings (SSSR count). The molecule has 0 fully saturated rings. The van der Waals surface area contributed by atoms with Gasteiger partial charge in [-0.2, -0.15) is 5.10 Å². The van der Waals surface area contributed by atoms with Crippen LogP contribution in [0, 0.1) is 0 Å². The van der Waals surface area contributed by atoms with Crippen molar-refractivity contribution in [3.63, 3.8) is 0 Å². The summed E-state index contributed by atoms with van der Waals surface area (Å²) < 4.78 is 1.97. The number of aromatic nitrogens is 2. The third kappa shape index (κ3) is 2.01. The first-order valence-electron chi connectivity index (χ1n) is 6.32. The molecule has 1 aliphatic heterocycles. The summed E-state index contributed by atoms with van der Waals surface area (Å²) in [5.74, 6) is 1.16. The number of hydrogen-bond acceptors (Lipinski definition) is 3. The fourth-order valence-electron chi connectivity index (χ4n) is 2.34. The van der Waals surface area contributed by atoms with Crippen LogP contribution in [-0.4, -0.2) is 22.4 Å². The molecular formula is C12H22N4. The molecule has 2 N–H and O–H groups in total. The van der Waals surface area contributed by atoms with E-state index >= 15 is 0 Å². The minimum atomic E-state index is 0.544. The summed E-state index contributed by atoms with van der Waals surface area (Å²) in [5, 5.41) is 11.7. The molecule has 1 aliphatic rings. The lowest BCUT2D eigenvalue weighted by molar-refractivity contribution is 0.640. The molecule has 0 spiro atoms. The van der Waals surface area contributed by atoms with Crippen LogP contribution in [0.4, 0.5) is 11.5 Å². The molecule has 0 amide bonds. The lowest BCUT2D eigenvalue weighted by Crippen LogP contribution is -2.33. The zero-order valence-corrected chi connectivity index (χ0v) is 10.5. The summed E-state index contributed by atoms with van der Waals surface area (Å²) in [6, 6.07) is 0.544. The minimum absolute atomic E-state index is 0.544. The van der Waals surface area contributed by atoms with E-state index in [1.165, 1.54) is 24.2 Å². The lowest BCUT2D eigenvalue weighted by Gasteiger charge is -2.26. The molecule has 4 heteroatoms. The van der Waals surface area contributed by atoms with Gasteiger partial charge in [-0.15, -0.1) is 0 Å². The fourth-order valence-corrected chi connectivity index (χ4v) is 2.34. The smallest absolute Gasteiger partial charge is 0.148 e. The van der Waals surface area contributed by atoms with E-state index in [9.17, 15) is 0 Å². The van der Waals surface area contributed by atoms with Gasteiger partial charge < -0.3 is 10.6 Å². The van der Waals surface area contributed by atoms with Gasteiger partial charge in [-0.1, -0.05) is 26.7 Å². The Morgan fingerprint density at radius 3 is 2.88 bits per heavy atom. The third-order valence-corrected chi connectivity index (χ3v) is 3.11. The molecule has 4 nitrogen and oxygen atoms in total. The highest BCUT2D eigenvalue weighted by Crippen LogP contribution is 2.30. The van der Waals surface area contributed by atoms with Gasteiger partial charge in [0.15, 0.2) is 0 Å². The Morgan fingerprint density at radius 1 is 1.38 bits per heavy atom. The van der Waals surface area contributed by atoms with Crippen LogP contribution in [0.25, 0.3) is 0 Å². The molecule has 0 radical (unpaired) electrons. The van der Waals surface area contributed by atoms with Crippen molar-refractivity contribution >= 4 is 11.5 Å². The second kappa shape index (κ2) is 4.76. The van der Waals surface area contributed by atoms with Crippen LogP contribution in [0.5, 0.6) is 0 Å². The average Bonchev–Trinajstić information content (AvgIpc) is 2.57. The maximum atomic E-state index is 4.57. The van der Waals surface area contributed by atoms with E-state index in [0.717, 1.165) is 25.2 Å². The minimum Gasteiger partial charge on any atom is -0.378 e. The summed E-state index contributed by atoms with van der Waals surface area (Å²) >= 11 is 0. The first-order chi connectivity index (χ1) is 7.76. The topological polar surface area (TPSA) is 41.9 Å². The van der Waals surface area contributed by atoms with Crippen molar-refractivity contribution in [3.8, 4) is 0 Å². The van der Waals surface area contributed by atoms with Crippen molar-refractivity contribution in [1.82, 2.24) is 9.78 Å². The molecule has 1 atom stereocenters. The highest BCUT2D eigenvalue weighted by molar-refractivity contribution is 5.70. The number of nitrogens with one attached hydrogen (secondary N) is 2. The SMILES string of the molecule is CCCc1nn(C)c2c1NCC(CCC)N2. The summed E-state index contributed by atoms with van der Waals surface area (Å²) in [6.45, 7) is 5.43. The number of aryl methyl sites for hydroxylation is 2. The van der Waals surface area contributed by atoms with Crippen molar-refractivity contribution in [2.45, 2.75) is 45.6 Å². The number of rotatable bonds is 4. The van der Waals surface area contributed by atoms with Gasteiger partial charge in [-0.25, -0.2) is 0 Å². The summed E-state index contributed by atoms with van der Waals surface area (Å²) in [7, 11) is 2.01. The molecule has 90 valence electrons. The number of nitrogens with zero attached hydrogens (tertiary/aromatic N) is 2. The van der Waals surface area contributed by atoms with E-state index in [2.05, 4.69) is 29.6 Å². The average molecular weight is 222 g/mol. The van der Waals surface area contributed by atoms with Gasteiger partial charge in [-0.05, 0) is 12.8 Å². The van der Waals surface area contributed by atoms with Crippen LogP contribution in [0.15, 0.2) is 0 Å². The predicted octanol–water partition coefficient (Wildman–Crippen LogP) is 2.38. The van der Waals surface area contributed by atoms with Crippen molar-refractivity contribution < 1.29 is 0 Å². The van der Waals surface area contributed by atoms with E-state index < -0.39 is 0 Å². The number of anilines is 2. The third-order valence-electron chi connectivity index (χ3n) is 3.11. The monoisotopic (exact) mass is 222 g/mol. The van der Waals surface area contributed by atoms with Crippen molar-refractivity contribution in [2.24, 2.45) is 7.05 Å². The predicted molar refractivity (Wildman–Crippen MR) is 68.0 cm³/mol. The largest absolute Gasteiger partial charge is 0.378 e. The second-order valence-corrected chi connectivity index (χ2v) is 4.55. The van der Waals surface area contributed by atoms with Crippen LogP contribution >= 0.6 is 0 Å². The quantitative estimate of drug-likeness (QED) is 0.822. The lowest BCUT2D eigenvalue weighted by atomic mass is 10.1. The molecule has 0 saturated carbocycles. The number of fused-ring (bicyclic) bond motifs is 1. The highest BCUT2D eigenvalue weighted by Gasteiger charge is 2.23. The molecule has 0 aliphatic carbocycles. The van der Waals surface area contributed by atoms with Gasteiger partial charge in [0.05, 0.1) is 5.69 Å². The maximum Gasteiger partial charge on any atom is 0.148 e. The van der Waals surface area contributed by atoms with E-state index in [1.54, 1.807) is 0 Å². The Bertz CT molecular complexity index is 356. The molecule has 1 unspecified atom stereocenters. The van der Waals surface area contributed by atoms with Crippen LogP contribution < -0.4 is 10.6 Å². The standard InChI is InChI=1S/C12H22N4/c1-4-6-9-8-13-11-10(7-5-2)15-16(3)12(11)14-9/h9,13-14H,4-8H2,1-3H3. The van der Waals surface area contributed by atoms with Crippen LogP contribution in [0.2, 0.25) is 0 Å². The van der Waals surface area contributed by atoms with Crippen molar-refractivity contribution in [1.29, 1.82) is 0 Å². The summed E-state index contributed by atoms with van der Waals surface area (Å²) in [6.07, 6.45) is 4.62. The van der Waals surface area contributed by atoms with E-state index in [1.807, 2.05) is 11.7 Å². The van der Waals surface area contributed by atoms with Crippen molar-refractivity contribution in [3.05, 3.63) is 5.69 Å². The van der Waals surface area contributed by atoms with Crippen LogP contribution in [0.1, 0.15) is 38.8 Å². The Hall–Kier alpha value is -1.19.